The molecule has 1 aromatic heterocycles. The van der Waals surface area contributed by atoms with Gasteiger partial charge in [0.15, 0.2) is 0 Å². The minimum absolute atomic E-state index is 0.0277. The molecule has 4 aliphatic heterocycles. The van der Waals surface area contributed by atoms with E-state index in [4.69, 9.17) is 9.72 Å². The number of piperidine rings is 3. The molecule has 0 spiro atoms. The predicted octanol–water partition coefficient (Wildman–Crippen LogP) is 3.69. The molecule has 1 unspecified atom stereocenters. The van der Waals surface area contributed by atoms with Crippen molar-refractivity contribution in [2.75, 3.05) is 45.9 Å². The average Bonchev–Trinajstić information content (AvgIpc) is 2.87. The number of hydrogen-bond donors (Lipinski definition) is 1. The first-order valence-electron chi connectivity index (χ1n) is 12.2. The maximum Gasteiger partial charge on any atom is 0.416 e. The second-order valence-electron chi connectivity index (χ2n) is 9.63. The normalized spacial score (nSPS) is 26.6. The van der Waals surface area contributed by atoms with Crippen LogP contribution in [0.4, 0.5) is 18.0 Å². The van der Waals surface area contributed by atoms with Gasteiger partial charge in [-0.15, -0.1) is 0 Å². The van der Waals surface area contributed by atoms with Gasteiger partial charge in [0.05, 0.1) is 24.5 Å². The fourth-order valence-corrected chi connectivity index (χ4v) is 5.53. The topological polar surface area (TPSA) is 70.6 Å². The zero-order valence-corrected chi connectivity index (χ0v) is 19.7. The van der Waals surface area contributed by atoms with E-state index in [1.807, 2.05) is 13.0 Å². The molecule has 7 nitrogen and oxygen atoms in total. The third-order valence-electron chi connectivity index (χ3n) is 7.41. The highest BCUT2D eigenvalue weighted by Crippen LogP contribution is 2.42. The monoisotopic (exact) mass is 489 g/mol. The number of amides is 2. The lowest BCUT2D eigenvalue weighted by Crippen LogP contribution is -2.57. The van der Waals surface area contributed by atoms with Crippen LogP contribution >= 0.6 is 0 Å². The molecule has 5 heterocycles. The van der Waals surface area contributed by atoms with Crippen molar-refractivity contribution in [2.24, 2.45) is 5.92 Å². The molecule has 4 atom stereocenters. The number of aromatic nitrogens is 2. The molecule has 4 fully saturated rings. The van der Waals surface area contributed by atoms with E-state index in [0.717, 1.165) is 43.8 Å². The summed E-state index contributed by atoms with van der Waals surface area (Å²) in [5.74, 6) is 1.30. The van der Waals surface area contributed by atoms with Gasteiger partial charge >= 0.3 is 12.2 Å². The molecule has 0 saturated carbocycles. The second kappa shape index (κ2) is 9.73. The van der Waals surface area contributed by atoms with Gasteiger partial charge in [-0.3, -0.25) is 4.90 Å². The van der Waals surface area contributed by atoms with Crippen molar-refractivity contribution < 1.29 is 22.7 Å². The van der Waals surface area contributed by atoms with E-state index in [9.17, 15) is 18.0 Å². The van der Waals surface area contributed by atoms with Gasteiger partial charge in [-0.2, -0.15) is 13.2 Å². The zero-order chi connectivity index (χ0) is 24.6. The summed E-state index contributed by atoms with van der Waals surface area (Å²) in [7, 11) is 0. The summed E-state index contributed by atoms with van der Waals surface area (Å²) in [6.45, 7) is 6.71. The number of morpholine rings is 1. The van der Waals surface area contributed by atoms with Crippen LogP contribution in [-0.2, 0) is 10.9 Å². The van der Waals surface area contributed by atoms with E-state index in [-0.39, 0.29) is 11.9 Å². The van der Waals surface area contributed by atoms with E-state index in [2.05, 4.69) is 15.2 Å². The Labute approximate surface area is 202 Å². The number of ether oxygens (including phenoxy) is 1. The lowest BCUT2D eigenvalue weighted by atomic mass is 9.74. The molecule has 4 saturated heterocycles. The Morgan fingerprint density at radius 2 is 1.89 bits per heavy atom. The number of rotatable bonds is 4. The van der Waals surface area contributed by atoms with Crippen molar-refractivity contribution >= 4 is 6.03 Å². The molecule has 188 valence electrons. The fourth-order valence-electron chi connectivity index (χ4n) is 5.53. The van der Waals surface area contributed by atoms with Crippen molar-refractivity contribution in [3.63, 3.8) is 0 Å². The Kier molecular flexibility index (Phi) is 6.67. The van der Waals surface area contributed by atoms with Gasteiger partial charge in [-0.25, -0.2) is 14.8 Å². The van der Waals surface area contributed by atoms with Gasteiger partial charge in [-0.05, 0) is 50.4 Å². The van der Waals surface area contributed by atoms with Crippen molar-refractivity contribution in [1.82, 2.24) is 25.1 Å². The highest BCUT2D eigenvalue weighted by Gasteiger charge is 2.41. The van der Waals surface area contributed by atoms with Crippen molar-refractivity contribution in [2.45, 2.75) is 37.9 Å². The lowest BCUT2D eigenvalue weighted by Gasteiger charge is -2.50. The zero-order valence-electron chi connectivity index (χ0n) is 19.7. The molecule has 1 aromatic carbocycles. The van der Waals surface area contributed by atoms with Gasteiger partial charge in [-0.1, -0.05) is 12.1 Å². The molecule has 4 aliphatic rings. The minimum Gasteiger partial charge on any atom is -0.378 e. The molecule has 0 aliphatic carbocycles. The smallest absolute Gasteiger partial charge is 0.378 e. The van der Waals surface area contributed by atoms with Crippen molar-refractivity contribution in [1.29, 1.82) is 0 Å². The van der Waals surface area contributed by atoms with Gasteiger partial charge < -0.3 is 15.0 Å². The number of fused-ring (bicyclic) bond motifs is 3. The number of nitrogens with zero attached hydrogens (tertiary/aromatic N) is 4. The molecule has 10 heteroatoms. The standard InChI is InChI=1S/C25H30F3N5O2/c1-16-30-22(17-2-4-19(5-3-17)25(26,27)28)13-23(31-16)21-15-33-7-6-18(21)12-20(33)14-29-24(34)32-8-10-35-11-9-32/h2-5,13,18,20-21H,6-12,14-15H2,1H3,(H,29,34)/t18-,20+,21-/m0/s1. The Morgan fingerprint density at radius 1 is 1.14 bits per heavy atom. The fraction of sp³-hybridized carbons (Fsp3) is 0.560. The van der Waals surface area contributed by atoms with Crippen LogP contribution in [0.3, 0.4) is 0 Å². The van der Waals surface area contributed by atoms with E-state index in [0.29, 0.717) is 61.9 Å². The number of halogens is 3. The maximum atomic E-state index is 12.9. The largest absolute Gasteiger partial charge is 0.416 e. The molecule has 2 bridgehead atoms. The predicted molar refractivity (Wildman–Crippen MR) is 124 cm³/mol. The Balaban J connectivity index is 1.26. The van der Waals surface area contributed by atoms with Gasteiger partial charge in [0, 0.05) is 49.4 Å². The number of carbonyl (C=O) groups is 1. The maximum absolute atomic E-state index is 12.9. The van der Waals surface area contributed by atoms with E-state index in [1.165, 1.54) is 12.1 Å². The summed E-state index contributed by atoms with van der Waals surface area (Å²) < 4.78 is 44.1. The number of hydrogen-bond acceptors (Lipinski definition) is 5. The average molecular weight is 490 g/mol. The van der Waals surface area contributed by atoms with Crippen LogP contribution in [-0.4, -0.2) is 77.8 Å². The molecular formula is C25H30F3N5O2. The first-order chi connectivity index (χ1) is 16.8. The summed E-state index contributed by atoms with van der Waals surface area (Å²) in [4.78, 5) is 25.9. The molecule has 35 heavy (non-hydrogen) atoms. The number of benzene rings is 1. The highest BCUT2D eigenvalue weighted by molar-refractivity contribution is 5.74. The van der Waals surface area contributed by atoms with Crippen LogP contribution in [0, 0.1) is 12.8 Å². The molecular weight excluding hydrogens is 459 g/mol. The third kappa shape index (κ3) is 5.28. The van der Waals surface area contributed by atoms with E-state index in [1.54, 1.807) is 4.90 Å². The van der Waals surface area contributed by atoms with Crippen LogP contribution in [0.15, 0.2) is 30.3 Å². The van der Waals surface area contributed by atoms with Crippen LogP contribution in [0.2, 0.25) is 0 Å². The third-order valence-corrected chi connectivity index (χ3v) is 7.41. The van der Waals surface area contributed by atoms with E-state index < -0.39 is 11.7 Å². The summed E-state index contributed by atoms with van der Waals surface area (Å²) in [5.41, 5.74) is 1.57. The van der Waals surface area contributed by atoms with Crippen molar-refractivity contribution in [3.8, 4) is 11.3 Å². The van der Waals surface area contributed by atoms with Crippen molar-refractivity contribution in [3.05, 3.63) is 47.4 Å². The summed E-state index contributed by atoms with van der Waals surface area (Å²) in [6, 6.07) is 7.33. The summed E-state index contributed by atoms with van der Waals surface area (Å²) in [6.07, 6.45) is -2.32. The number of nitrogens with one attached hydrogen (secondary N) is 1. The first kappa shape index (κ1) is 24.0. The Bertz CT molecular complexity index is 1060. The number of alkyl halides is 3. The summed E-state index contributed by atoms with van der Waals surface area (Å²) in [5, 5.41) is 3.10. The highest BCUT2D eigenvalue weighted by atomic mass is 19.4. The molecule has 0 radical (unpaired) electrons. The van der Waals surface area contributed by atoms with Gasteiger partial charge in [0.25, 0.3) is 0 Å². The molecule has 2 amide bonds. The molecule has 6 rings (SSSR count). The quantitative estimate of drug-likeness (QED) is 0.710. The molecule has 2 aromatic rings. The van der Waals surface area contributed by atoms with Crippen LogP contribution < -0.4 is 5.32 Å². The van der Waals surface area contributed by atoms with E-state index >= 15 is 0 Å². The Morgan fingerprint density at radius 3 is 2.54 bits per heavy atom. The van der Waals surface area contributed by atoms with Crippen LogP contribution in [0.1, 0.15) is 35.8 Å². The number of aryl methyl sites for hydroxylation is 1. The summed E-state index contributed by atoms with van der Waals surface area (Å²) >= 11 is 0. The Hall–Kier alpha value is -2.72. The lowest BCUT2D eigenvalue weighted by molar-refractivity contribution is -0.137. The molecule has 1 N–H and O–H groups in total. The second-order valence-corrected chi connectivity index (χ2v) is 9.63. The minimum atomic E-state index is -4.36. The first-order valence-corrected chi connectivity index (χ1v) is 12.2. The van der Waals surface area contributed by atoms with Gasteiger partial charge in [0.2, 0.25) is 0 Å². The number of carbonyl (C=O) groups excluding carboxylic acids is 1. The van der Waals surface area contributed by atoms with Gasteiger partial charge in [0.1, 0.15) is 5.82 Å². The van der Waals surface area contributed by atoms with Crippen LogP contribution in [0.5, 0.6) is 0 Å². The SMILES string of the molecule is Cc1nc(-c2ccc(C(F)(F)F)cc2)cc([C@H]2CN3CC[C@H]2C[C@@H]3CNC(=O)N2CCOCC2)n1. The number of urea groups is 1. The van der Waals surface area contributed by atoms with Crippen LogP contribution in [0.25, 0.3) is 11.3 Å².